The maximum atomic E-state index is 12.1. The quantitative estimate of drug-likeness (QED) is 0.858. The van der Waals surface area contributed by atoms with Crippen molar-refractivity contribution in [1.29, 1.82) is 0 Å². The third kappa shape index (κ3) is 3.87. The molecule has 0 spiro atoms. The van der Waals surface area contributed by atoms with Crippen LogP contribution in [0.5, 0.6) is 11.5 Å². The van der Waals surface area contributed by atoms with E-state index in [4.69, 9.17) is 14.6 Å². The first-order chi connectivity index (χ1) is 9.97. The molecule has 21 heavy (non-hydrogen) atoms. The van der Waals surface area contributed by atoms with Crippen LogP contribution in [0.2, 0.25) is 0 Å². The molecule has 0 saturated heterocycles. The average Bonchev–Trinajstić information content (AvgIpc) is 2.45. The third-order valence-corrected chi connectivity index (χ3v) is 3.12. The summed E-state index contributed by atoms with van der Waals surface area (Å²) in [5.41, 5.74) is 0. The summed E-state index contributed by atoms with van der Waals surface area (Å²) < 4.78 is 11.0. The molecule has 1 unspecified atom stereocenters. The monoisotopic (exact) mass is 293 g/mol. The van der Waals surface area contributed by atoms with Gasteiger partial charge in [-0.2, -0.15) is 0 Å². The molecular weight excluding hydrogens is 274 g/mol. The molecule has 6 heteroatoms. The van der Waals surface area contributed by atoms with Gasteiger partial charge in [-0.25, -0.2) is 4.79 Å². The molecule has 0 aromatic heterocycles. The Morgan fingerprint density at radius 3 is 2.62 bits per heavy atom. The second-order valence-corrected chi connectivity index (χ2v) is 5.39. The zero-order valence-electron chi connectivity index (χ0n) is 12.0. The molecule has 0 fully saturated rings. The van der Waals surface area contributed by atoms with Crippen molar-refractivity contribution in [2.75, 3.05) is 6.61 Å². The second-order valence-electron chi connectivity index (χ2n) is 5.39. The van der Waals surface area contributed by atoms with Crippen molar-refractivity contribution in [3.05, 3.63) is 24.3 Å². The predicted octanol–water partition coefficient (Wildman–Crippen LogP) is 1.44. The Morgan fingerprint density at radius 2 is 2.00 bits per heavy atom. The van der Waals surface area contributed by atoms with E-state index in [1.54, 1.807) is 18.2 Å². The number of amides is 1. The number of para-hydroxylation sites is 2. The van der Waals surface area contributed by atoms with Gasteiger partial charge < -0.3 is 19.9 Å². The van der Waals surface area contributed by atoms with Crippen molar-refractivity contribution in [2.24, 2.45) is 5.92 Å². The molecule has 0 radical (unpaired) electrons. The summed E-state index contributed by atoms with van der Waals surface area (Å²) in [6.07, 6.45) is -0.473. The second kappa shape index (κ2) is 6.47. The molecule has 2 N–H and O–H groups in total. The Morgan fingerprint density at radius 1 is 1.33 bits per heavy atom. The van der Waals surface area contributed by atoms with E-state index in [-0.39, 0.29) is 12.5 Å². The Kier molecular flexibility index (Phi) is 4.67. The normalized spacial score (nSPS) is 18.1. The number of nitrogens with one attached hydrogen (secondary N) is 1. The van der Waals surface area contributed by atoms with Crippen molar-refractivity contribution < 1.29 is 24.2 Å². The molecule has 114 valence electrons. The highest BCUT2D eigenvalue weighted by Crippen LogP contribution is 2.30. The Bertz CT molecular complexity index is 529. The van der Waals surface area contributed by atoms with Gasteiger partial charge in [-0.15, -0.1) is 0 Å². The number of carbonyl (C=O) groups excluding carboxylic acids is 1. The number of aliphatic carboxylic acids is 1. The van der Waals surface area contributed by atoms with Gasteiger partial charge in [0.25, 0.3) is 5.91 Å². The summed E-state index contributed by atoms with van der Waals surface area (Å²) >= 11 is 0. The number of carboxylic acids is 1. The summed E-state index contributed by atoms with van der Waals surface area (Å²) in [4.78, 5) is 23.3. The van der Waals surface area contributed by atoms with Crippen molar-refractivity contribution in [1.82, 2.24) is 5.32 Å². The Labute approximate surface area is 123 Å². The molecule has 1 aliphatic heterocycles. The van der Waals surface area contributed by atoms with E-state index in [0.29, 0.717) is 17.9 Å². The molecule has 6 nitrogen and oxygen atoms in total. The van der Waals surface area contributed by atoms with Gasteiger partial charge in [0.1, 0.15) is 12.6 Å². The fourth-order valence-electron chi connectivity index (χ4n) is 2.11. The van der Waals surface area contributed by atoms with Crippen LogP contribution in [0.25, 0.3) is 0 Å². The number of hydrogen-bond donors (Lipinski definition) is 2. The highest BCUT2D eigenvalue weighted by molar-refractivity contribution is 5.86. The van der Waals surface area contributed by atoms with E-state index in [9.17, 15) is 9.59 Å². The summed E-state index contributed by atoms with van der Waals surface area (Å²) in [5.74, 6) is -0.291. The first-order valence-corrected chi connectivity index (χ1v) is 6.89. The predicted molar refractivity (Wildman–Crippen MR) is 75.4 cm³/mol. The highest BCUT2D eigenvalue weighted by Gasteiger charge is 2.30. The summed E-state index contributed by atoms with van der Waals surface area (Å²) in [6, 6.07) is 6.13. The molecule has 0 bridgehead atoms. The standard InChI is InChI=1S/C15H19NO5/c1-9(2)7-10(15(18)19)16-14(17)13-8-20-11-5-3-4-6-12(11)21-13/h3-6,9-10,13H,7-8H2,1-2H3,(H,16,17)(H,18,19)/t10-,13?/m1/s1. The molecule has 1 heterocycles. The van der Waals surface area contributed by atoms with Gasteiger partial charge in [0.2, 0.25) is 6.10 Å². The van der Waals surface area contributed by atoms with Gasteiger partial charge in [0.15, 0.2) is 11.5 Å². The van der Waals surface area contributed by atoms with Crippen LogP contribution in [-0.4, -0.2) is 35.7 Å². The minimum absolute atomic E-state index is 0.0663. The number of carboxylic acid groups (broad SMARTS) is 1. The first kappa shape index (κ1) is 15.2. The van der Waals surface area contributed by atoms with Crippen LogP contribution in [0.15, 0.2) is 24.3 Å². The van der Waals surface area contributed by atoms with Gasteiger partial charge in [-0.3, -0.25) is 4.79 Å². The van der Waals surface area contributed by atoms with E-state index < -0.39 is 24.0 Å². The Balaban J connectivity index is 1.99. The molecule has 0 aliphatic carbocycles. The number of hydrogen-bond acceptors (Lipinski definition) is 4. The van der Waals surface area contributed by atoms with E-state index in [1.807, 2.05) is 19.9 Å². The SMILES string of the molecule is CC(C)C[C@@H](NC(=O)C1COc2ccccc2O1)C(=O)O. The van der Waals surface area contributed by atoms with E-state index in [0.717, 1.165) is 0 Å². The lowest BCUT2D eigenvalue weighted by molar-refractivity contribution is -0.144. The largest absolute Gasteiger partial charge is 0.485 e. The maximum absolute atomic E-state index is 12.1. The number of carbonyl (C=O) groups is 2. The van der Waals surface area contributed by atoms with Crippen molar-refractivity contribution in [3.63, 3.8) is 0 Å². The van der Waals surface area contributed by atoms with Gasteiger partial charge in [0, 0.05) is 0 Å². The lowest BCUT2D eigenvalue weighted by Crippen LogP contribution is -2.50. The van der Waals surface area contributed by atoms with Crippen LogP contribution < -0.4 is 14.8 Å². The van der Waals surface area contributed by atoms with Gasteiger partial charge in [0.05, 0.1) is 0 Å². The Hall–Kier alpha value is -2.24. The average molecular weight is 293 g/mol. The lowest BCUT2D eigenvalue weighted by Gasteiger charge is -2.27. The fraction of sp³-hybridized carbons (Fsp3) is 0.467. The summed E-state index contributed by atoms with van der Waals surface area (Å²) in [6.45, 7) is 3.87. The van der Waals surface area contributed by atoms with Crippen LogP contribution in [0, 0.1) is 5.92 Å². The van der Waals surface area contributed by atoms with E-state index >= 15 is 0 Å². The topological polar surface area (TPSA) is 84.9 Å². The zero-order valence-corrected chi connectivity index (χ0v) is 12.0. The van der Waals surface area contributed by atoms with E-state index in [2.05, 4.69) is 5.32 Å². The molecule has 1 amide bonds. The van der Waals surface area contributed by atoms with Crippen molar-refractivity contribution >= 4 is 11.9 Å². The zero-order chi connectivity index (χ0) is 15.4. The van der Waals surface area contributed by atoms with E-state index in [1.165, 1.54) is 0 Å². The molecule has 0 saturated carbocycles. The number of benzene rings is 1. The molecule has 2 atom stereocenters. The van der Waals surface area contributed by atoms with Crippen LogP contribution in [0.4, 0.5) is 0 Å². The van der Waals surface area contributed by atoms with Crippen LogP contribution in [0.3, 0.4) is 0 Å². The number of rotatable bonds is 5. The molecule has 1 aromatic carbocycles. The molecule has 1 aliphatic rings. The smallest absolute Gasteiger partial charge is 0.326 e. The fourth-order valence-corrected chi connectivity index (χ4v) is 2.11. The molecule has 1 aromatic rings. The highest BCUT2D eigenvalue weighted by atomic mass is 16.6. The molecule has 2 rings (SSSR count). The van der Waals surface area contributed by atoms with Gasteiger partial charge in [-0.05, 0) is 24.5 Å². The lowest BCUT2D eigenvalue weighted by atomic mass is 10.0. The van der Waals surface area contributed by atoms with Gasteiger partial charge >= 0.3 is 5.97 Å². The molecular formula is C15H19NO5. The first-order valence-electron chi connectivity index (χ1n) is 6.89. The van der Waals surface area contributed by atoms with Crippen LogP contribution in [0.1, 0.15) is 20.3 Å². The van der Waals surface area contributed by atoms with Crippen molar-refractivity contribution in [3.8, 4) is 11.5 Å². The summed E-state index contributed by atoms with van der Waals surface area (Å²) in [5, 5.41) is 11.6. The minimum Gasteiger partial charge on any atom is -0.485 e. The van der Waals surface area contributed by atoms with Crippen LogP contribution >= 0.6 is 0 Å². The van der Waals surface area contributed by atoms with Crippen LogP contribution in [-0.2, 0) is 9.59 Å². The van der Waals surface area contributed by atoms with Crippen molar-refractivity contribution in [2.45, 2.75) is 32.4 Å². The minimum atomic E-state index is -1.05. The maximum Gasteiger partial charge on any atom is 0.326 e. The number of fused-ring (bicyclic) bond motifs is 1. The third-order valence-electron chi connectivity index (χ3n) is 3.12. The summed E-state index contributed by atoms with van der Waals surface area (Å²) in [7, 11) is 0. The number of ether oxygens (including phenoxy) is 2. The van der Waals surface area contributed by atoms with Gasteiger partial charge in [-0.1, -0.05) is 26.0 Å².